The first-order valence-corrected chi connectivity index (χ1v) is 2.72. The summed E-state index contributed by atoms with van der Waals surface area (Å²) < 4.78 is 0. The first-order chi connectivity index (χ1) is 4.88. The Morgan fingerprint density at radius 2 is 2.09 bits per heavy atom. The van der Waals surface area contributed by atoms with Gasteiger partial charge in [-0.1, -0.05) is 0 Å². The van der Waals surface area contributed by atoms with E-state index in [2.05, 4.69) is 19.9 Å². The van der Waals surface area contributed by atoms with Gasteiger partial charge in [0.05, 0.1) is 0 Å². The predicted octanol–water partition coefficient (Wildman–Crippen LogP) is -0.817. The SMILES string of the molecule is Nc1ncnc2[n-]cnc12.[Tl+]. The molecule has 0 unspecified atom stereocenters. The Morgan fingerprint density at radius 3 is 2.82 bits per heavy atom. The molecule has 0 atom stereocenters. The molecule has 0 aromatic carbocycles. The van der Waals surface area contributed by atoms with E-state index in [4.69, 9.17) is 5.73 Å². The fourth-order valence-corrected chi connectivity index (χ4v) is 0.742. The van der Waals surface area contributed by atoms with Gasteiger partial charge in [0.25, 0.3) is 0 Å². The molecule has 0 amide bonds. The molecule has 2 aromatic rings. The average molecular weight is 339 g/mol. The number of anilines is 1. The summed E-state index contributed by atoms with van der Waals surface area (Å²) in [7, 11) is 0. The molecule has 0 aliphatic heterocycles. The molecule has 0 bridgehead atoms. The molecular formula is C5H4N5Tl. The fraction of sp³-hybridized carbons (Fsp3) is 0. The number of aromatic nitrogens is 4. The molecule has 0 aliphatic rings. The molecule has 0 spiro atoms. The number of imidazole rings is 1. The fourth-order valence-electron chi connectivity index (χ4n) is 0.742. The smallest absolute Gasteiger partial charge is 0.383 e. The number of nitrogens with zero attached hydrogens (tertiary/aromatic N) is 4. The van der Waals surface area contributed by atoms with Crippen LogP contribution in [0.5, 0.6) is 0 Å². The molecule has 52 valence electrons. The molecule has 11 heavy (non-hydrogen) atoms. The molecule has 0 fully saturated rings. The largest absolute Gasteiger partial charge is 1.00 e. The third kappa shape index (κ3) is 1.32. The minimum atomic E-state index is 0. The Labute approximate surface area is 82.6 Å². The number of hydrogen-bond acceptors (Lipinski definition) is 4. The molecule has 0 saturated carbocycles. The molecule has 2 N–H and O–H groups in total. The van der Waals surface area contributed by atoms with Crippen molar-refractivity contribution in [3.8, 4) is 0 Å². The number of nitrogen functional groups attached to an aromatic ring is 1. The quantitative estimate of drug-likeness (QED) is 0.635. The van der Waals surface area contributed by atoms with Crippen molar-refractivity contribution in [2.45, 2.75) is 0 Å². The van der Waals surface area contributed by atoms with Crippen LogP contribution in [0.3, 0.4) is 0 Å². The summed E-state index contributed by atoms with van der Waals surface area (Å²) in [6, 6.07) is 0. The molecule has 5 nitrogen and oxygen atoms in total. The van der Waals surface area contributed by atoms with Gasteiger partial charge in [0.15, 0.2) is 0 Å². The van der Waals surface area contributed by atoms with Crippen LogP contribution in [0.15, 0.2) is 12.7 Å². The van der Waals surface area contributed by atoms with Gasteiger partial charge in [-0.3, -0.25) is 0 Å². The van der Waals surface area contributed by atoms with Gasteiger partial charge in [-0.25, -0.2) is 4.98 Å². The second kappa shape index (κ2) is 3.11. The van der Waals surface area contributed by atoms with Gasteiger partial charge in [0.1, 0.15) is 5.82 Å². The van der Waals surface area contributed by atoms with Crippen LogP contribution in [0.2, 0.25) is 0 Å². The van der Waals surface area contributed by atoms with Gasteiger partial charge in [-0.2, -0.15) is 0 Å². The molecule has 0 aliphatic carbocycles. The van der Waals surface area contributed by atoms with Crippen molar-refractivity contribution in [3.05, 3.63) is 12.7 Å². The third-order valence-corrected chi connectivity index (χ3v) is 1.20. The topological polar surface area (TPSA) is 78.8 Å². The van der Waals surface area contributed by atoms with Gasteiger partial charge in [-0.15, -0.1) is 0 Å². The summed E-state index contributed by atoms with van der Waals surface area (Å²) in [5.74, 6) is 0.377. The van der Waals surface area contributed by atoms with Gasteiger partial charge < -0.3 is 20.7 Å². The van der Waals surface area contributed by atoms with E-state index in [0.717, 1.165) is 0 Å². The summed E-state index contributed by atoms with van der Waals surface area (Å²) in [6.45, 7) is 0. The first kappa shape index (κ1) is 8.37. The Bertz CT molecular complexity index is 356. The van der Waals surface area contributed by atoms with Crippen LogP contribution in [-0.4, -0.2) is 42.3 Å². The van der Waals surface area contributed by atoms with E-state index in [1.807, 2.05) is 0 Å². The van der Waals surface area contributed by atoms with Crippen LogP contribution >= 0.6 is 0 Å². The van der Waals surface area contributed by atoms with Crippen molar-refractivity contribution in [2.24, 2.45) is 0 Å². The van der Waals surface area contributed by atoms with E-state index in [0.29, 0.717) is 17.0 Å². The first-order valence-electron chi connectivity index (χ1n) is 2.72. The Morgan fingerprint density at radius 1 is 1.27 bits per heavy atom. The zero-order valence-electron chi connectivity index (χ0n) is 5.60. The second-order valence-electron chi connectivity index (χ2n) is 1.80. The Balaban J connectivity index is 0.000000605. The molecule has 6 heteroatoms. The number of hydrogen-bond donors (Lipinski definition) is 1. The van der Waals surface area contributed by atoms with Gasteiger partial charge in [-0.05, 0) is 6.33 Å². The van der Waals surface area contributed by atoms with Crippen LogP contribution in [0, 0.1) is 0 Å². The van der Waals surface area contributed by atoms with Crippen molar-refractivity contribution in [1.29, 1.82) is 0 Å². The maximum atomic E-state index is 5.45. The summed E-state index contributed by atoms with van der Waals surface area (Å²) in [5.41, 5.74) is 6.57. The Kier molecular flexibility index (Phi) is 2.37. The van der Waals surface area contributed by atoms with Crippen molar-refractivity contribution in [3.63, 3.8) is 0 Å². The molecule has 0 saturated heterocycles. The van der Waals surface area contributed by atoms with Crippen LogP contribution in [0.25, 0.3) is 11.2 Å². The van der Waals surface area contributed by atoms with E-state index in [-0.39, 0.29) is 27.3 Å². The summed E-state index contributed by atoms with van der Waals surface area (Å²) >= 11 is 0. The van der Waals surface area contributed by atoms with Crippen LogP contribution in [0.4, 0.5) is 5.82 Å². The third-order valence-electron chi connectivity index (χ3n) is 1.20. The van der Waals surface area contributed by atoms with Gasteiger partial charge in [0.2, 0.25) is 0 Å². The van der Waals surface area contributed by atoms with Crippen molar-refractivity contribution >= 4 is 44.3 Å². The van der Waals surface area contributed by atoms with E-state index >= 15 is 0 Å². The van der Waals surface area contributed by atoms with Gasteiger partial charge in [0, 0.05) is 17.5 Å². The van der Waals surface area contributed by atoms with Crippen LogP contribution < -0.4 is 10.7 Å². The van der Waals surface area contributed by atoms with Crippen molar-refractivity contribution in [1.82, 2.24) is 19.9 Å². The molecule has 2 heterocycles. The summed E-state index contributed by atoms with van der Waals surface area (Å²) in [4.78, 5) is 15.3. The summed E-state index contributed by atoms with van der Waals surface area (Å²) in [5, 5.41) is 0. The van der Waals surface area contributed by atoms with Crippen molar-refractivity contribution < 1.29 is 0 Å². The Hall–Kier alpha value is -0.728. The normalized spacial score (nSPS) is 9.45. The standard InChI is InChI=1S/C5H4N5.Tl/c6-4-3-5(9-1-7-3)10-2-8-4;/h1-2H,(H2-,6,7,8,9,10);/q-1;+1. The predicted molar refractivity (Wildman–Crippen MR) is 40.8 cm³/mol. The van der Waals surface area contributed by atoms with Crippen molar-refractivity contribution in [2.75, 3.05) is 5.73 Å². The zero-order chi connectivity index (χ0) is 6.97. The van der Waals surface area contributed by atoms with Crippen LogP contribution in [-0.2, 0) is 0 Å². The minimum absolute atomic E-state index is 0. The molecule has 2 aromatic heterocycles. The van der Waals surface area contributed by atoms with E-state index in [1.165, 1.54) is 12.7 Å². The van der Waals surface area contributed by atoms with E-state index in [9.17, 15) is 0 Å². The maximum Gasteiger partial charge on any atom is 1.00 e. The molecule has 2 rings (SSSR count). The molecule has 0 radical (unpaired) electrons. The van der Waals surface area contributed by atoms with Gasteiger partial charge >= 0.3 is 27.3 Å². The monoisotopic (exact) mass is 339 g/mol. The maximum absolute atomic E-state index is 5.45. The van der Waals surface area contributed by atoms with E-state index in [1.54, 1.807) is 0 Å². The average Bonchev–Trinajstić information content (AvgIpc) is 2.36. The zero-order valence-corrected chi connectivity index (χ0v) is 10.1. The molecular weight excluding hydrogens is 334 g/mol. The number of fused-ring (bicyclic) bond motifs is 1. The van der Waals surface area contributed by atoms with Crippen LogP contribution in [0.1, 0.15) is 0 Å². The summed E-state index contributed by atoms with van der Waals surface area (Å²) in [6.07, 6.45) is 2.78. The van der Waals surface area contributed by atoms with E-state index < -0.39 is 0 Å². The number of nitrogens with two attached hydrogens (primary N) is 1. The minimum Gasteiger partial charge on any atom is -0.383 e. The number of rotatable bonds is 0. The second-order valence-corrected chi connectivity index (χ2v) is 1.80.